The van der Waals surface area contributed by atoms with Crippen molar-refractivity contribution in [2.75, 3.05) is 19.5 Å². The van der Waals surface area contributed by atoms with Gasteiger partial charge in [-0.25, -0.2) is 4.79 Å². The third-order valence-corrected chi connectivity index (χ3v) is 5.84. The molecule has 0 saturated carbocycles. The number of nitrogens with zero attached hydrogens (tertiary/aromatic N) is 1. The van der Waals surface area contributed by atoms with E-state index in [1.807, 2.05) is 36.6 Å². The fraction of sp³-hybridized carbons (Fsp3) is 0.333. The molecule has 0 unspecified atom stereocenters. The number of urea groups is 1. The maximum Gasteiger partial charge on any atom is 0.325 e. The molecule has 28 heavy (non-hydrogen) atoms. The molecule has 6 nitrogen and oxygen atoms in total. The number of thioether (sulfide) groups is 1. The maximum absolute atomic E-state index is 13.2. The Hall–Kier alpha value is -2.67. The van der Waals surface area contributed by atoms with Gasteiger partial charge in [0, 0.05) is 11.3 Å². The molecule has 2 heterocycles. The quantitative estimate of drug-likeness (QED) is 0.630. The molecule has 0 radical (unpaired) electrons. The monoisotopic (exact) mass is 398 g/mol. The van der Waals surface area contributed by atoms with E-state index in [-0.39, 0.29) is 12.5 Å². The van der Waals surface area contributed by atoms with Crippen LogP contribution in [0.1, 0.15) is 24.5 Å². The second kappa shape index (κ2) is 7.39. The molecular formula is C21H22N2O4S. The van der Waals surface area contributed by atoms with Gasteiger partial charge in [-0.05, 0) is 48.6 Å². The third-order valence-electron chi connectivity index (χ3n) is 5.10. The topological polar surface area (TPSA) is 67.9 Å². The van der Waals surface area contributed by atoms with Crippen LogP contribution in [0.15, 0.2) is 47.4 Å². The third kappa shape index (κ3) is 3.30. The van der Waals surface area contributed by atoms with Crippen LogP contribution in [0.2, 0.25) is 0 Å². The molecule has 0 bridgehead atoms. The van der Waals surface area contributed by atoms with Gasteiger partial charge in [-0.15, -0.1) is 11.8 Å². The number of carbonyl (C=O) groups is 2. The van der Waals surface area contributed by atoms with Crippen molar-refractivity contribution in [3.8, 4) is 11.5 Å². The Morgan fingerprint density at radius 2 is 1.79 bits per heavy atom. The van der Waals surface area contributed by atoms with Gasteiger partial charge in [0.2, 0.25) is 0 Å². The normalized spacial score (nSPS) is 21.4. The Morgan fingerprint density at radius 1 is 1.07 bits per heavy atom. The molecule has 2 aliphatic rings. The minimum atomic E-state index is -1.14. The molecule has 0 aliphatic carbocycles. The van der Waals surface area contributed by atoms with Gasteiger partial charge in [0.25, 0.3) is 5.91 Å². The van der Waals surface area contributed by atoms with Crippen molar-refractivity contribution >= 4 is 23.7 Å². The lowest BCUT2D eigenvalue weighted by Gasteiger charge is -2.23. The second-order valence-electron chi connectivity index (χ2n) is 7.01. The molecule has 1 saturated heterocycles. The van der Waals surface area contributed by atoms with E-state index in [0.29, 0.717) is 30.3 Å². The molecule has 0 spiro atoms. The van der Waals surface area contributed by atoms with Gasteiger partial charge in [0.15, 0.2) is 11.5 Å². The fourth-order valence-electron chi connectivity index (χ4n) is 3.42. The Morgan fingerprint density at radius 3 is 2.50 bits per heavy atom. The lowest BCUT2D eigenvalue weighted by atomic mass is 9.91. The largest absolute Gasteiger partial charge is 0.490 e. The summed E-state index contributed by atoms with van der Waals surface area (Å²) < 4.78 is 11.4. The number of amides is 3. The van der Waals surface area contributed by atoms with E-state index in [2.05, 4.69) is 5.32 Å². The van der Waals surface area contributed by atoms with Crippen molar-refractivity contribution < 1.29 is 19.1 Å². The lowest BCUT2D eigenvalue weighted by Crippen LogP contribution is -2.40. The van der Waals surface area contributed by atoms with E-state index in [1.54, 1.807) is 30.8 Å². The van der Waals surface area contributed by atoms with Crippen molar-refractivity contribution in [3.05, 3.63) is 53.6 Å². The first-order valence-corrected chi connectivity index (χ1v) is 10.4. The van der Waals surface area contributed by atoms with Gasteiger partial charge in [0.05, 0.1) is 19.8 Å². The first-order chi connectivity index (χ1) is 13.5. The molecule has 2 aromatic carbocycles. The van der Waals surface area contributed by atoms with Crippen LogP contribution in [0.4, 0.5) is 4.79 Å². The van der Waals surface area contributed by atoms with Gasteiger partial charge in [-0.1, -0.05) is 18.2 Å². The van der Waals surface area contributed by atoms with E-state index in [9.17, 15) is 9.59 Å². The number of fused-ring (bicyclic) bond motifs is 1. The number of carbonyl (C=O) groups excluding carboxylic acids is 2. The van der Waals surface area contributed by atoms with E-state index in [0.717, 1.165) is 16.9 Å². The highest BCUT2D eigenvalue weighted by Gasteiger charge is 2.49. The predicted octanol–water partition coefficient (Wildman–Crippen LogP) is 3.54. The smallest absolute Gasteiger partial charge is 0.325 e. The SMILES string of the molecule is CSc1ccc(CN2C(=O)N[C@@](C)(c3ccc4c(c3)OCCCO4)C2=O)cc1. The number of ether oxygens (including phenoxy) is 2. The Labute approximate surface area is 168 Å². The molecule has 146 valence electrons. The average Bonchev–Trinajstić information content (AvgIpc) is 2.88. The number of imide groups is 1. The van der Waals surface area contributed by atoms with Crippen LogP contribution >= 0.6 is 11.8 Å². The summed E-state index contributed by atoms with van der Waals surface area (Å²) in [6.07, 6.45) is 2.81. The summed E-state index contributed by atoms with van der Waals surface area (Å²) in [5.74, 6) is 0.984. The van der Waals surface area contributed by atoms with E-state index >= 15 is 0 Å². The van der Waals surface area contributed by atoms with Crippen LogP contribution in [0.3, 0.4) is 0 Å². The van der Waals surface area contributed by atoms with Crippen molar-refractivity contribution in [2.24, 2.45) is 0 Å². The lowest BCUT2D eigenvalue weighted by molar-refractivity contribution is -0.131. The first kappa shape index (κ1) is 18.7. The van der Waals surface area contributed by atoms with Gasteiger partial charge in [-0.3, -0.25) is 9.69 Å². The average molecular weight is 398 g/mol. The van der Waals surface area contributed by atoms with Gasteiger partial charge in [0.1, 0.15) is 5.54 Å². The molecule has 0 aromatic heterocycles. The Bertz CT molecular complexity index is 915. The van der Waals surface area contributed by atoms with Crippen LogP contribution in [0, 0.1) is 0 Å². The summed E-state index contributed by atoms with van der Waals surface area (Å²) in [6, 6.07) is 12.9. The highest BCUT2D eigenvalue weighted by Crippen LogP contribution is 2.37. The summed E-state index contributed by atoms with van der Waals surface area (Å²) in [6.45, 7) is 3.12. The van der Waals surface area contributed by atoms with E-state index in [4.69, 9.17) is 9.47 Å². The van der Waals surface area contributed by atoms with Crippen molar-refractivity contribution in [3.63, 3.8) is 0 Å². The van der Waals surface area contributed by atoms with E-state index in [1.165, 1.54) is 4.90 Å². The zero-order valence-corrected chi connectivity index (χ0v) is 16.7. The molecule has 1 N–H and O–H groups in total. The predicted molar refractivity (Wildman–Crippen MR) is 107 cm³/mol. The van der Waals surface area contributed by atoms with Gasteiger partial charge in [-0.2, -0.15) is 0 Å². The molecule has 4 rings (SSSR count). The molecule has 7 heteroatoms. The summed E-state index contributed by atoms with van der Waals surface area (Å²) >= 11 is 1.65. The molecule has 1 fully saturated rings. The van der Waals surface area contributed by atoms with Crippen LogP contribution < -0.4 is 14.8 Å². The van der Waals surface area contributed by atoms with Gasteiger partial charge < -0.3 is 14.8 Å². The highest BCUT2D eigenvalue weighted by atomic mass is 32.2. The molecule has 3 amide bonds. The highest BCUT2D eigenvalue weighted by molar-refractivity contribution is 7.98. The summed E-state index contributed by atoms with van der Waals surface area (Å²) in [7, 11) is 0. The maximum atomic E-state index is 13.2. The van der Waals surface area contributed by atoms with Crippen molar-refractivity contribution in [1.29, 1.82) is 0 Å². The number of rotatable bonds is 4. The number of benzene rings is 2. The van der Waals surface area contributed by atoms with Crippen LogP contribution in [0.25, 0.3) is 0 Å². The standard InChI is InChI=1S/C21H22N2O4S/c1-21(15-6-9-17-18(12-15)27-11-3-10-26-17)19(24)23(20(25)22-21)13-14-4-7-16(28-2)8-5-14/h4-9,12H,3,10-11,13H2,1-2H3,(H,22,25)/t21-/m0/s1. The minimum Gasteiger partial charge on any atom is -0.490 e. The molecule has 2 aromatic rings. The number of hydrogen-bond acceptors (Lipinski definition) is 5. The zero-order valence-electron chi connectivity index (χ0n) is 15.9. The van der Waals surface area contributed by atoms with Crippen molar-refractivity contribution in [1.82, 2.24) is 10.2 Å². The molecule has 1 atom stereocenters. The van der Waals surface area contributed by atoms with Crippen LogP contribution in [0.5, 0.6) is 11.5 Å². The van der Waals surface area contributed by atoms with Crippen molar-refractivity contribution in [2.45, 2.75) is 30.3 Å². The number of hydrogen-bond donors (Lipinski definition) is 1. The van der Waals surface area contributed by atoms with E-state index < -0.39 is 11.6 Å². The summed E-state index contributed by atoms with van der Waals surface area (Å²) in [4.78, 5) is 28.1. The number of nitrogens with one attached hydrogen (secondary N) is 1. The Balaban J connectivity index is 1.59. The van der Waals surface area contributed by atoms with Crippen LogP contribution in [-0.2, 0) is 16.9 Å². The molecule has 2 aliphatic heterocycles. The summed E-state index contributed by atoms with van der Waals surface area (Å²) in [5, 5.41) is 2.85. The Kier molecular flexibility index (Phi) is 4.93. The van der Waals surface area contributed by atoms with Crippen LogP contribution in [-0.4, -0.2) is 36.3 Å². The minimum absolute atomic E-state index is 0.236. The fourth-order valence-corrected chi connectivity index (χ4v) is 3.83. The first-order valence-electron chi connectivity index (χ1n) is 9.18. The summed E-state index contributed by atoms with van der Waals surface area (Å²) in [5.41, 5.74) is 0.445. The second-order valence-corrected chi connectivity index (χ2v) is 7.89. The molecular weight excluding hydrogens is 376 g/mol. The zero-order chi connectivity index (χ0) is 19.7. The van der Waals surface area contributed by atoms with Gasteiger partial charge >= 0.3 is 6.03 Å².